The molecule has 0 amide bonds. The van der Waals surface area contributed by atoms with Crippen LogP contribution in [0.3, 0.4) is 0 Å². The quantitative estimate of drug-likeness (QED) is 0.797. The number of hydrogen-bond donors (Lipinski definition) is 0. The van der Waals surface area contributed by atoms with Crippen molar-refractivity contribution in [2.45, 2.75) is 38.2 Å². The maximum Gasteiger partial charge on any atom is 0.138 e. The fourth-order valence-corrected chi connectivity index (χ4v) is 2.64. The number of Topliss-reactive ketones (excluding diaryl/α,β-unsaturated/α-hetero) is 1. The van der Waals surface area contributed by atoms with E-state index in [0.29, 0.717) is 5.78 Å². The highest BCUT2D eigenvalue weighted by molar-refractivity contribution is 5.82. The first kappa shape index (κ1) is 12.3. The van der Waals surface area contributed by atoms with Crippen LogP contribution in [0.2, 0.25) is 0 Å². The minimum absolute atomic E-state index is 0.0465. The number of methoxy groups -OCH3 is 1. The van der Waals surface area contributed by atoms with Crippen molar-refractivity contribution >= 4 is 5.78 Å². The lowest BCUT2D eigenvalue weighted by atomic mass is 9.82. The van der Waals surface area contributed by atoms with Crippen LogP contribution in [0.1, 0.15) is 31.2 Å². The molecule has 0 spiro atoms. The molecule has 1 aromatic carbocycles. The maximum atomic E-state index is 11.9. The molecule has 2 unspecified atom stereocenters. The zero-order valence-electron chi connectivity index (χ0n) is 10.4. The highest BCUT2D eigenvalue weighted by Crippen LogP contribution is 2.26. The van der Waals surface area contributed by atoms with Crippen LogP contribution >= 0.6 is 0 Å². The van der Waals surface area contributed by atoms with E-state index < -0.39 is 0 Å². The number of carbonyl (C=O) groups excluding carboxylic acids is 1. The first-order valence-electron chi connectivity index (χ1n) is 6.40. The summed E-state index contributed by atoms with van der Waals surface area (Å²) in [6.07, 6.45) is 4.82. The number of ketones is 1. The van der Waals surface area contributed by atoms with E-state index >= 15 is 0 Å². The van der Waals surface area contributed by atoms with Crippen molar-refractivity contribution in [3.63, 3.8) is 0 Å². The lowest BCUT2D eigenvalue weighted by Gasteiger charge is -2.28. The molecule has 0 bridgehead atoms. The minimum Gasteiger partial charge on any atom is -0.380 e. The Morgan fingerprint density at radius 1 is 1.29 bits per heavy atom. The van der Waals surface area contributed by atoms with E-state index in [1.165, 1.54) is 5.56 Å². The summed E-state index contributed by atoms with van der Waals surface area (Å²) in [5, 5.41) is 0. The Bertz CT molecular complexity index is 358. The summed E-state index contributed by atoms with van der Waals surface area (Å²) in [7, 11) is 1.72. The average molecular weight is 232 g/mol. The van der Waals surface area contributed by atoms with E-state index in [1.54, 1.807) is 7.11 Å². The molecule has 0 aliphatic heterocycles. The van der Waals surface area contributed by atoms with Crippen molar-refractivity contribution in [2.24, 2.45) is 5.92 Å². The van der Waals surface area contributed by atoms with Crippen molar-refractivity contribution in [1.29, 1.82) is 0 Å². The summed E-state index contributed by atoms with van der Waals surface area (Å²) < 4.78 is 5.54. The smallest absolute Gasteiger partial charge is 0.138 e. The fraction of sp³-hybridized carbons (Fsp3) is 0.533. The normalized spacial score (nSPS) is 22.4. The first-order valence-corrected chi connectivity index (χ1v) is 6.40. The van der Waals surface area contributed by atoms with Gasteiger partial charge in [-0.15, -0.1) is 0 Å². The molecule has 1 aromatic rings. The summed E-state index contributed by atoms with van der Waals surface area (Å²) in [5.41, 5.74) is 1.25. The summed E-state index contributed by atoms with van der Waals surface area (Å²) in [6.45, 7) is 0. The van der Waals surface area contributed by atoms with Crippen LogP contribution in [-0.4, -0.2) is 19.0 Å². The van der Waals surface area contributed by atoms with Gasteiger partial charge in [0.15, 0.2) is 0 Å². The molecule has 2 atom stereocenters. The molecular weight excluding hydrogens is 212 g/mol. The molecular formula is C15H20O2. The van der Waals surface area contributed by atoms with Gasteiger partial charge in [-0.05, 0) is 24.8 Å². The molecule has 2 rings (SSSR count). The van der Waals surface area contributed by atoms with Crippen LogP contribution in [0.5, 0.6) is 0 Å². The summed E-state index contributed by atoms with van der Waals surface area (Å²) in [6, 6.07) is 10.3. The molecule has 1 fully saturated rings. The molecule has 1 saturated carbocycles. The predicted octanol–water partition coefficient (Wildman–Crippen LogP) is 3.00. The molecule has 0 heterocycles. The van der Waals surface area contributed by atoms with Crippen LogP contribution < -0.4 is 0 Å². The predicted molar refractivity (Wildman–Crippen MR) is 67.9 cm³/mol. The summed E-state index contributed by atoms with van der Waals surface area (Å²) >= 11 is 0. The number of benzene rings is 1. The minimum atomic E-state index is 0.0465. The third kappa shape index (κ3) is 3.16. The highest BCUT2D eigenvalue weighted by atomic mass is 16.5. The number of rotatable bonds is 4. The van der Waals surface area contributed by atoms with Gasteiger partial charge in [0.05, 0.1) is 6.10 Å². The lowest BCUT2D eigenvalue weighted by Crippen LogP contribution is -2.33. The van der Waals surface area contributed by atoms with Crippen LogP contribution in [0.25, 0.3) is 0 Å². The molecule has 1 aliphatic carbocycles. The van der Waals surface area contributed by atoms with Gasteiger partial charge in [0, 0.05) is 19.4 Å². The molecule has 0 N–H and O–H groups in total. The zero-order valence-corrected chi connectivity index (χ0v) is 10.4. The Hall–Kier alpha value is -1.15. The summed E-state index contributed by atoms with van der Waals surface area (Å²) in [5.74, 6) is 0.494. The van der Waals surface area contributed by atoms with Crippen molar-refractivity contribution < 1.29 is 9.53 Å². The second-order valence-electron chi connectivity index (χ2n) is 4.78. The van der Waals surface area contributed by atoms with Crippen LogP contribution in [0.15, 0.2) is 30.3 Å². The van der Waals surface area contributed by atoms with Gasteiger partial charge >= 0.3 is 0 Å². The van der Waals surface area contributed by atoms with E-state index in [0.717, 1.165) is 32.1 Å². The van der Waals surface area contributed by atoms with E-state index in [4.69, 9.17) is 4.74 Å². The molecule has 0 saturated heterocycles. The standard InChI is InChI=1S/C15H20O2/c1-17-15(11-12-7-3-2-4-8-12)13-9-5-6-10-14(13)16/h2-4,7-8,13,15H,5-6,9-11H2,1H3. The van der Waals surface area contributed by atoms with Gasteiger partial charge in [-0.2, -0.15) is 0 Å². The number of hydrogen-bond acceptors (Lipinski definition) is 2. The van der Waals surface area contributed by atoms with Crippen molar-refractivity contribution in [3.8, 4) is 0 Å². The topological polar surface area (TPSA) is 26.3 Å². The van der Waals surface area contributed by atoms with Crippen molar-refractivity contribution in [3.05, 3.63) is 35.9 Å². The lowest BCUT2D eigenvalue weighted by molar-refractivity contribution is -0.129. The first-order chi connectivity index (χ1) is 8.31. The zero-order chi connectivity index (χ0) is 12.1. The van der Waals surface area contributed by atoms with Gasteiger partial charge < -0.3 is 4.74 Å². The largest absolute Gasteiger partial charge is 0.380 e. The van der Waals surface area contributed by atoms with E-state index in [1.807, 2.05) is 18.2 Å². The van der Waals surface area contributed by atoms with Gasteiger partial charge in [-0.1, -0.05) is 36.8 Å². The molecule has 1 aliphatic rings. The average Bonchev–Trinajstić information content (AvgIpc) is 2.38. The van der Waals surface area contributed by atoms with Crippen LogP contribution in [-0.2, 0) is 16.0 Å². The molecule has 2 heteroatoms. The monoisotopic (exact) mass is 232 g/mol. The Balaban J connectivity index is 2.03. The molecule has 0 aromatic heterocycles. The molecule has 2 nitrogen and oxygen atoms in total. The molecule has 17 heavy (non-hydrogen) atoms. The van der Waals surface area contributed by atoms with Gasteiger partial charge in [-0.3, -0.25) is 4.79 Å². The summed E-state index contributed by atoms with van der Waals surface area (Å²) in [4.78, 5) is 11.9. The van der Waals surface area contributed by atoms with Crippen LogP contribution in [0.4, 0.5) is 0 Å². The second-order valence-corrected chi connectivity index (χ2v) is 4.78. The molecule has 92 valence electrons. The van der Waals surface area contributed by atoms with Gasteiger partial charge in [0.1, 0.15) is 5.78 Å². The SMILES string of the molecule is COC(Cc1ccccc1)C1CCCCC1=O. The molecule has 0 radical (unpaired) electrons. The third-order valence-corrected chi connectivity index (χ3v) is 3.63. The Labute approximate surface area is 103 Å². The van der Waals surface area contributed by atoms with E-state index in [9.17, 15) is 4.79 Å². The Kier molecular flexibility index (Phi) is 4.32. The highest BCUT2D eigenvalue weighted by Gasteiger charge is 2.30. The number of ether oxygens (including phenoxy) is 1. The van der Waals surface area contributed by atoms with Crippen molar-refractivity contribution in [2.75, 3.05) is 7.11 Å². The van der Waals surface area contributed by atoms with Gasteiger partial charge in [-0.25, -0.2) is 0 Å². The van der Waals surface area contributed by atoms with Crippen LogP contribution in [0, 0.1) is 5.92 Å². The second kappa shape index (κ2) is 5.97. The number of carbonyl (C=O) groups is 1. The van der Waals surface area contributed by atoms with Gasteiger partial charge in [0.25, 0.3) is 0 Å². The van der Waals surface area contributed by atoms with E-state index in [-0.39, 0.29) is 12.0 Å². The van der Waals surface area contributed by atoms with E-state index in [2.05, 4.69) is 12.1 Å². The Morgan fingerprint density at radius 2 is 2.06 bits per heavy atom. The van der Waals surface area contributed by atoms with Gasteiger partial charge in [0.2, 0.25) is 0 Å². The fourth-order valence-electron chi connectivity index (χ4n) is 2.64. The Morgan fingerprint density at radius 3 is 2.71 bits per heavy atom. The maximum absolute atomic E-state index is 11.9. The third-order valence-electron chi connectivity index (χ3n) is 3.63. The van der Waals surface area contributed by atoms with Crippen molar-refractivity contribution in [1.82, 2.24) is 0 Å².